The number of methoxy groups -OCH3 is 3. The highest BCUT2D eigenvalue weighted by Crippen LogP contribution is 2.36. The van der Waals surface area contributed by atoms with Gasteiger partial charge in [-0.1, -0.05) is 23.5 Å². The Morgan fingerprint density at radius 1 is 0.870 bits per heavy atom. The van der Waals surface area contributed by atoms with Crippen LogP contribution in [0.15, 0.2) is 57.5 Å². The lowest BCUT2D eigenvalue weighted by Crippen LogP contribution is -2.40. The van der Waals surface area contributed by atoms with Crippen LogP contribution in [0.5, 0.6) is 23.0 Å². The maximum Gasteiger partial charge on any atom is 0.343 e. The summed E-state index contributed by atoms with van der Waals surface area (Å²) in [6.07, 6.45) is 1.67. The highest BCUT2D eigenvalue weighted by molar-refractivity contribution is 7.07. The van der Waals surface area contributed by atoms with Gasteiger partial charge in [0.05, 0.1) is 56.4 Å². The fourth-order valence-electron chi connectivity index (χ4n) is 4.62. The number of benzene rings is 2. The van der Waals surface area contributed by atoms with Gasteiger partial charge in [0.25, 0.3) is 5.56 Å². The zero-order valence-electron chi connectivity index (χ0n) is 26.2. The molecule has 244 valence electrons. The van der Waals surface area contributed by atoms with Crippen molar-refractivity contribution in [3.8, 4) is 23.0 Å². The van der Waals surface area contributed by atoms with Gasteiger partial charge in [-0.15, -0.1) is 0 Å². The van der Waals surface area contributed by atoms with Gasteiger partial charge in [-0.25, -0.2) is 19.4 Å². The number of thiazole rings is 1. The molecule has 13 nitrogen and oxygen atoms in total. The molecule has 2 aromatic carbocycles. The van der Waals surface area contributed by atoms with Crippen LogP contribution < -0.4 is 33.8 Å². The molecule has 0 saturated carbocycles. The molecule has 14 heteroatoms. The number of allylic oxidation sites excluding steroid dienone is 1. The van der Waals surface area contributed by atoms with E-state index in [-0.39, 0.29) is 37.8 Å². The summed E-state index contributed by atoms with van der Waals surface area (Å²) < 4.78 is 38.8. The lowest BCUT2D eigenvalue weighted by molar-refractivity contribution is -0.143. The number of ether oxygens (including phenoxy) is 7. The summed E-state index contributed by atoms with van der Waals surface area (Å²) in [6.45, 7) is 4.96. The van der Waals surface area contributed by atoms with Gasteiger partial charge in [-0.3, -0.25) is 9.36 Å². The van der Waals surface area contributed by atoms with Crippen LogP contribution in [0.2, 0.25) is 0 Å². The van der Waals surface area contributed by atoms with Crippen molar-refractivity contribution in [1.29, 1.82) is 0 Å². The minimum atomic E-state index is -0.907. The van der Waals surface area contributed by atoms with E-state index in [1.54, 1.807) is 63.2 Å². The zero-order valence-corrected chi connectivity index (χ0v) is 27.1. The van der Waals surface area contributed by atoms with Crippen molar-refractivity contribution in [1.82, 2.24) is 4.57 Å². The molecule has 0 bridgehead atoms. The second-order valence-corrected chi connectivity index (χ2v) is 10.6. The molecular weight excluding hydrogens is 620 g/mol. The first-order valence-electron chi connectivity index (χ1n) is 14.2. The van der Waals surface area contributed by atoms with E-state index in [9.17, 15) is 19.2 Å². The van der Waals surface area contributed by atoms with Crippen LogP contribution >= 0.6 is 11.3 Å². The number of carbonyl (C=O) groups excluding carboxylic acids is 3. The third-order valence-corrected chi connectivity index (χ3v) is 7.72. The summed E-state index contributed by atoms with van der Waals surface area (Å²) in [5.74, 6) is -0.453. The largest absolute Gasteiger partial charge is 0.493 e. The highest BCUT2D eigenvalue weighted by Gasteiger charge is 2.34. The van der Waals surface area contributed by atoms with E-state index in [1.807, 2.05) is 0 Å². The molecule has 0 saturated heterocycles. The highest BCUT2D eigenvalue weighted by atomic mass is 32.1. The maximum atomic E-state index is 14.0. The summed E-state index contributed by atoms with van der Waals surface area (Å²) in [6, 6.07) is 9.04. The Labute approximate surface area is 268 Å². The summed E-state index contributed by atoms with van der Waals surface area (Å²) in [5.41, 5.74) is 1.36. The van der Waals surface area contributed by atoms with Crippen LogP contribution in [-0.2, 0) is 28.6 Å². The van der Waals surface area contributed by atoms with E-state index >= 15 is 0 Å². The predicted octanol–water partition coefficient (Wildman–Crippen LogP) is 2.31. The van der Waals surface area contributed by atoms with Gasteiger partial charge in [0.1, 0.15) is 0 Å². The molecule has 4 rings (SSSR count). The SMILES string of the molecule is CCOC(=O)C1=C(C)N=c2s/c(=C\c3ccc(OCC(=O)OC)c(OC)c3)c(=O)n2[C@@H]1c1ccc(OCC(=O)OC)c(OCC)c1. The van der Waals surface area contributed by atoms with Crippen LogP contribution in [0, 0.1) is 0 Å². The fourth-order valence-corrected chi connectivity index (χ4v) is 5.67. The Balaban J connectivity index is 1.83. The molecule has 0 fully saturated rings. The average Bonchev–Trinajstić information content (AvgIpc) is 3.35. The maximum absolute atomic E-state index is 14.0. The van der Waals surface area contributed by atoms with Gasteiger partial charge >= 0.3 is 17.9 Å². The molecule has 1 aromatic heterocycles. The van der Waals surface area contributed by atoms with Crippen molar-refractivity contribution in [2.24, 2.45) is 4.99 Å². The Morgan fingerprint density at radius 3 is 2.13 bits per heavy atom. The molecule has 0 amide bonds. The molecule has 1 atom stereocenters. The Bertz CT molecular complexity index is 1840. The Hall–Kier alpha value is -5.11. The Kier molecular flexibility index (Phi) is 11.2. The van der Waals surface area contributed by atoms with Crippen molar-refractivity contribution >= 4 is 35.3 Å². The number of nitrogens with zero attached hydrogens (tertiary/aromatic N) is 2. The standard InChI is InChI=1S/C32H34N2O11S/c1-7-42-24-15-20(10-12-22(24)45-17-27(36)41-6)29-28(31(38)43-8-2)18(3)33-32-34(29)30(37)25(46-32)14-19-9-11-21(23(13-19)39-4)44-16-26(35)40-5/h9-15,29H,7-8,16-17H2,1-6H3/b25-14-/t29-/m1/s1. The minimum Gasteiger partial charge on any atom is -0.493 e. The van der Waals surface area contributed by atoms with Crippen molar-refractivity contribution in [2.45, 2.75) is 26.8 Å². The lowest BCUT2D eigenvalue weighted by Gasteiger charge is -2.25. The summed E-state index contributed by atoms with van der Waals surface area (Å²) in [4.78, 5) is 55.5. The average molecular weight is 655 g/mol. The molecule has 0 aliphatic carbocycles. The topological polar surface area (TPSA) is 150 Å². The number of hydrogen-bond donors (Lipinski definition) is 0. The molecule has 3 aromatic rings. The lowest BCUT2D eigenvalue weighted by atomic mass is 9.95. The van der Waals surface area contributed by atoms with Gasteiger partial charge in [0.15, 0.2) is 41.0 Å². The molecular formula is C32H34N2O11S. The summed E-state index contributed by atoms with van der Waals surface area (Å²) in [5, 5.41) is 0. The second-order valence-electron chi connectivity index (χ2n) is 9.58. The quantitative estimate of drug-likeness (QED) is 0.197. The normalized spacial score (nSPS) is 14.1. The molecule has 46 heavy (non-hydrogen) atoms. The van der Waals surface area contributed by atoms with Gasteiger partial charge in [0.2, 0.25) is 0 Å². The van der Waals surface area contributed by atoms with Gasteiger partial charge in [-0.2, -0.15) is 0 Å². The molecule has 0 N–H and O–H groups in total. The van der Waals surface area contributed by atoms with Crippen molar-refractivity contribution < 1.29 is 47.5 Å². The smallest absolute Gasteiger partial charge is 0.343 e. The van der Waals surface area contributed by atoms with Crippen LogP contribution in [0.25, 0.3) is 6.08 Å². The molecule has 2 heterocycles. The number of fused-ring (bicyclic) bond motifs is 1. The minimum absolute atomic E-state index is 0.123. The number of rotatable bonds is 13. The van der Waals surface area contributed by atoms with Crippen LogP contribution in [0.4, 0.5) is 0 Å². The first kappa shape index (κ1) is 33.8. The van der Waals surface area contributed by atoms with Gasteiger partial charge in [0, 0.05) is 0 Å². The first-order valence-corrected chi connectivity index (χ1v) is 15.0. The van der Waals surface area contributed by atoms with E-state index in [0.29, 0.717) is 43.4 Å². The first-order chi connectivity index (χ1) is 22.1. The molecule has 0 unspecified atom stereocenters. The molecule has 1 aliphatic heterocycles. The summed E-state index contributed by atoms with van der Waals surface area (Å²) >= 11 is 1.15. The van der Waals surface area contributed by atoms with E-state index < -0.39 is 29.5 Å². The van der Waals surface area contributed by atoms with E-state index in [1.165, 1.54) is 25.9 Å². The number of hydrogen-bond acceptors (Lipinski definition) is 13. The van der Waals surface area contributed by atoms with Crippen molar-refractivity contribution in [3.63, 3.8) is 0 Å². The summed E-state index contributed by atoms with van der Waals surface area (Å²) in [7, 11) is 3.98. The van der Waals surface area contributed by atoms with Crippen LogP contribution in [0.1, 0.15) is 37.9 Å². The Morgan fingerprint density at radius 2 is 1.52 bits per heavy atom. The van der Waals surface area contributed by atoms with Crippen LogP contribution in [-0.4, -0.2) is 70.2 Å². The molecule has 0 spiro atoms. The van der Waals surface area contributed by atoms with E-state index in [2.05, 4.69) is 14.5 Å². The van der Waals surface area contributed by atoms with Crippen molar-refractivity contribution in [3.05, 3.63) is 78.5 Å². The predicted molar refractivity (Wildman–Crippen MR) is 166 cm³/mol. The monoisotopic (exact) mass is 654 g/mol. The van der Waals surface area contributed by atoms with Gasteiger partial charge in [-0.05, 0) is 62.2 Å². The van der Waals surface area contributed by atoms with E-state index in [0.717, 1.165) is 11.3 Å². The molecule has 1 aliphatic rings. The molecule has 0 radical (unpaired) electrons. The third-order valence-electron chi connectivity index (χ3n) is 6.73. The number of carbonyl (C=O) groups is 3. The van der Waals surface area contributed by atoms with Crippen LogP contribution in [0.3, 0.4) is 0 Å². The third kappa shape index (κ3) is 7.40. The van der Waals surface area contributed by atoms with Crippen molar-refractivity contribution in [2.75, 3.05) is 47.8 Å². The van der Waals surface area contributed by atoms with E-state index in [4.69, 9.17) is 23.7 Å². The second kappa shape index (κ2) is 15.3. The zero-order chi connectivity index (χ0) is 33.4. The number of esters is 3. The van der Waals surface area contributed by atoms with Gasteiger partial charge < -0.3 is 33.2 Å². The number of aromatic nitrogens is 1. The fraction of sp³-hybridized carbons (Fsp3) is 0.344.